The summed E-state index contributed by atoms with van der Waals surface area (Å²) in [6.45, 7) is 6.18. The lowest BCUT2D eigenvalue weighted by atomic mass is 10.1. The molecule has 0 bridgehead atoms. The maximum absolute atomic E-state index is 5.66. The van der Waals surface area contributed by atoms with E-state index in [0.717, 1.165) is 5.56 Å². The van der Waals surface area contributed by atoms with E-state index < -0.39 is 0 Å². The zero-order chi connectivity index (χ0) is 13.7. The average Bonchev–Trinajstić information content (AvgIpc) is 3.28. The second-order valence-electron chi connectivity index (χ2n) is 5.28. The largest absolute Gasteiger partial charge is 0.382 e. The first kappa shape index (κ1) is 14.5. The molecule has 19 heavy (non-hydrogen) atoms. The van der Waals surface area contributed by atoms with Crippen LogP contribution in [0.5, 0.6) is 0 Å². The van der Waals surface area contributed by atoms with Crippen LogP contribution >= 0.6 is 11.6 Å². The maximum Gasteiger partial charge on any atom is 0.152 e. The normalized spacial score (nSPS) is 19.7. The van der Waals surface area contributed by atoms with Crippen molar-refractivity contribution in [2.45, 2.75) is 44.9 Å². The molecule has 2 heterocycles. The van der Waals surface area contributed by atoms with Crippen LogP contribution in [0.3, 0.4) is 0 Å². The minimum Gasteiger partial charge on any atom is -0.382 e. The van der Waals surface area contributed by atoms with Gasteiger partial charge in [-0.2, -0.15) is 0 Å². The Morgan fingerprint density at radius 3 is 2.47 bits per heavy atom. The van der Waals surface area contributed by atoms with Crippen molar-refractivity contribution in [3.63, 3.8) is 0 Å². The molecule has 3 rings (SSSR count). The minimum atomic E-state index is 0.432. The number of halogens is 1. The number of nitrogen functional groups attached to an aromatic ring is 1. The smallest absolute Gasteiger partial charge is 0.152 e. The zero-order valence-electron chi connectivity index (χ0n) is 11.6. The Bertz CT molecular complexity index is 400. The molecule has 0 unspecified atom stereocenters. The number of hydrogen-bond donors (Lipinski definition) is 1. The summed E-state index contributed by atoms with van der Waals surface area (Å²) in [7, 11) is 0. The van der Waals surface area contributed by atoms with Crippen LogP contribution in [0.2, 0.25) is 5.15 Å². The number of hydrogen-bond acceptors (Lipinski definition) is 4. The Kier molecular flexibility index (Phi) is 5.40. The van der Waals surface area contributed by atoms with E-state index in [1.54, 1.807) is 0 Å². The summed E-state index contributed by atoms with van der Waals surface area (Å²) in [5.41, 5.74) is 6.66. The first-order chi connectivity index (χ1) is 9.20. The highest BCUT2D eigenvalue weighted by Gasteiger charge is 2.26. The fourth-order valence-corrected chi connectivity index (χ4v) is 2.54. The van der Waals surface area contributed by atoms with Crippen molar-refractivity contribution >= 4 is 17.4 Å². The van der Waals surface area contributed by atoms with Gasteiger partial charge >= 0.3 is 0 Å². The van der Waals surface area contributed by atoms with Crippen LogP contribution in [-0.2, 0) is 0 Å². The fourth-order valence-electron chi connectivity index (χ4n) is 2.39. The van der Waals surface area contributed by atoms with Crippen LogP contribution in [0.4, 0.5) is 5.82 Å². The predicted octanol–water partition coefficient (Wildman–Crippen LogP) is 3.08. The highest BCUT2D eigenvalue weighted by molar-refractivity contribution is 6.29. The number of aromatic nitrogens is 2. The molecule has 0 aromatic carbocycles. The Morgan fingerprint density at radius 1 is 1.26 bits per heavy atom. The number of rotatable bonds is 2. The Labute approximate surface area is 120 Å². The van der Waals surface area contributed by atoms with Crippen molar-refractivity contribution in [2.75, 3.05) is 25.4 Å². The van der Waals surface area contributed by atoms with Crippen LogP contribution in [0.1, 0.15) is 50.5 Å². The van der Waals surface area contributed by atoms with E-state index in [2.05, 4.69) is 22.0 Å². The molecule has 0 amide bonds. The van der Waals surface area contributed by atoms with E-state index in [-0.39, 0.29) is 0 Å². The van der Waals surface area contributed by atoms with Gasteiger partial charge in [0.25, 0.3) is 0 Å². The van der Waals surface area contributed by atoms with E-state index in [9.17, 15) is 0 Å². The van der Waals surface area contributed by atoms with Crippen molar-refractivity contribution < 1.29 is 0 Å². The quantitative estimate of drug-likeness (QED) is 0.906. The summed E-state index contributed by atoms with van der Waals surface area (Å²) in [6.07, 6.45) is 6.70. The highest BCUT2D eigenvalue weighted by atomic mass is 35.5. The second kappa shape index (κ2) is 7.06. The topological polar surface area (TPSA) is 55.0 Å². The molecule has 0 atom stereocenters. The van der Waals surface area contributed by atoms with Gasteiger partial charge in [-0.05, 0) is 57.3 Å². The van der Waals surface area contributed by atoms with Gasteiger partial charge in [0.2, 0.25) is 0 Å². The SMILES string of the molecule is CCN1CCCCC1.Nc1nnc(Cl)cc1C1CC1. The van der Waals surface area contributed by atoms with Crippen molar-refractivity contribution in [2.24, 2.45) is 0 Å². The monoisotopic (exact) mass is 282 g/mol. The van der Waals surface area contributed by atoms with Gasteiger partial charge in [0.15, 0.2) is 5.15 Å². The molecule has 5 heteroatoms. The Hall–Kier alpha value is -0.870. The minimum absolute atomic E-state index is 0.432. The van der Waals surface area contributed by atoms with Crippen molar-refractivity contribution in [1.29, 1.82) is 0 Å². The molecular formula is C14H23ClN4. The maximum atomic E-state index is 5.66. The lowest BCUT2D eigenvalue weighted by Gasteiger charge is -2.24. The van der Waals surface area contributed by atoms with Gasteiger partial charge in [-0.1, -0.05) is 24.9 Å². The fraction of sp³-hybridized carbons (Fsp3) is 0.714. The number of nitrogens with two attached hydrogens (primary N) is 1. The van der Waals surface area contributed by atoms with Crippen molar-refractivity contribution in [3.05, 3.63) is 16.8 Å². The molecule has 1 saturated heterocycles. The number of anilines is 1. The van der Waals surface area contributed by atoms with Crippen LogP contribution in [0.25, 0.3) is 0 Å². The van der Waals surface area contributed by atoms with Gasteiger partial charge in [-0.3, -0.25) is 0 Å². The van der Waals surface area contributed by atoms with Crippen LogP contribution in [0, 0.1) is 0 Å². The molecule has 1 aliphatic carbocycles. The third-order valence-corrected chi connectivity index (χ3v) is 3.92. The summed E-state index contributed by atoms with van der Waals surface area (Å²) in [5, 5.41) is 7.81. The lowest BCUT2D eigenvalue weighted by molar-refractivity contribution is 0.240. The van der Waals surface area contributed by atoms with Crippen molar-refractivity contribution in [3.8, 4) is 0 Å². The zero-order valence-corrected chi connectivity index (χ0v) is 12.4. The van der Waals surface area contributed by atoms with Gasteiger partial charge in [0, 0.05) is 5.56 Å². The molecule has 1 aromatic heterocycles. The first-order valence-electron chi connectivity index (χ1n) is 7.21. The summed E-state index contributed by atoms with van der Waals surface area (Å²) in [5.74, 6) is 1.11. The van der Waals surface area contributed by atoms with Crippen LogP contribution in [0.15, 0.2) is 6.07 Å². The van der Waals surface area contributed by atoms with Crippen molar-refractivity contribution in [1.82, 2.24) is 15.1 Å². The summed E-state index contributed by atoms with van der Waals surface area (Å²) < 4.78 is 0. The predicted molar refractivity (Wildman–Crippen MR) is 79.4 cm³/mol. The summed E-state index contributed by atoms with van der Waals surface area (Å²) in [4.78, 5) is 2.52. The van der Waals surface area contributed by atoms with E-state index in [0.29, 0.717) is 16.9 Å². The standard InChI is InChI=1S/C7H8ClN3.C7H15N/c8-6-3-5(4-1-2-4)7(9)11-10-6;1-2-8-6-4-3-5-7-8/h3-4H,1-2H2,(H2,9,11);2-7H2,1H3. The molecule has 4 nitrogen and oxygen atoms in total. The van der Waals surface area contributed by atoms with Gasteiger partial charge in [-0.25, -0.2) is 0 Å². The molecule has 106 valence electrons. The first-order valence-corrected chi connectivity index (χ1v) is 7.59. The molecule has 1 saturated carbocycles. The highest BCUT2D eigenvalue weighted by Crippen LogP contribution is 2.42. The number of nitrogens with zero attached hydrogens (tertiary/aromatic N) is 3. The van der Waals surface area contributed by atoms with Gasteiger partial charge in [0.05, 0.1) is 0 Å². The Morgan fingerprint density at radius 2 is 1.95 bits per heavy atom. The van der Waals surface area contributed by atoms with Gasteiger partial charge < -0.3 is 10.6 Å². The average molecular weight is 283 g/mol. The van der Waals surface area contributed by atoms with E-state index in [1.807, 2.05) is 6.07 Å². The van der Waals surface area contributed by atoms with Crippen LogP contribution in [-0.4, -0.2) is 34.7 Å². The molecular weight excluding hydrogens is 260 g/mol. The molecule has 0 spiro atoms. The third kappa shape index (κ3) is 4.62. The molecule has 2 N–H and O–H groups in total. The van der Waals surface area contributed by atoms with E-state index >= 15 is 0 Å². The molecule has 2 aliphatic rings. The van der Waals surface area contributed by atoms with Gasteiger partial charge in [-0.15, -0.1) is 10.2 Å². The molecule has 0 radical (unpaired) electrons. The Balaban J connectivity index is 0.000000148. The number of likely N-dealkylation sites (tertiary alicyclic amines) is 1. The third-order valence-electron chi connectivity index (χ3n) is 3.74. The molecule has 1 aliphatic heterocycles. The van der Waals surface area contributed by atoms with E-state index in [4.69, 9.17) is 17.3 Å². The molecule has 2 fully saturated rings. The number of piperidine rings is 1. The van der Waals surface area contributed by atoms with Crippen LogP contribution < -0.4 is 5.73 Å². The summed E-state index contributed by atoms with van der Waals surface area (Å²) in [6, 6.07) is 1.81. The summed E-state index contributed by atoms with van der Waals surface area (Å²) >= 11 is 5.66. The lowest BCUT2D eigenvalue weighted by Crippen LogP contribution is -2.29. The van der Waals surface area contributed by atoms with Gasteiger partial charge in [0.1, 0.15) is 5.82 Å². The molecule has 1 aromatic rings. The second-order valence-corrected chi connectivity index (χ2v) is 5.66. The van der Waals surface area contributed by atoms with E-state index in [1.165, 1.54) is 51.7 Å².